The lowest BCUT2D eigenvalue weighted by molar-refractivity contribution is -0.134. The molecular weight excluding hydrogens is 314 g/mol. The number of hydrogen-bond donors (Lipinski definition) is 1. The third kappa shape index (κ3) is 3.71. The predicted molar refractivity (Wildman–Crippen MR) is 97.7 cm³/mol. The maximum Gasteiger partial charge on any atom is 0.326 e. The van der Waals surface area contributed by atoms with Gasteiger partial charge in [-0.15, -0.1) is 0 Å². The summed E-state index contributed by atoms with van der Waals surface area (Å²) in [6.07, 6.45) is 3.51. The van der Waals surface area contributed by atoms with E-state index in [0.29, 0.717) is 12.6 Å². The Balaban J connectivity index is 1.71. The van der Waals surface area contributed by atoms with Gasteiger partial charge in [-0.3, -0.25) is 9.69 Å². The van der Waals surface area contributed by atoms with Gasteiger partial charge in [0, 0.05) is 12.6 Å². The van der Waals surface area contributed by atoms with E-state index in [4.69, 9.17) is 0 Å². The average Bonchev–Trinajstić information content (AvgIpc) is 2.82. The molecule has 1 saturated heterocycles. The third-order valence-electron chi connectivity index (χ3n) is 5.66. The van der Waals surface area contributed by atoms with Gasteiger partial charge >= 0.3 is 6.03 Å². The van der Waals surface area contributed by atoms with Gasteiger partial charge in [0.2, 0.25) is 0 Å². The number of nitrogens with one attached hydrogen (secondary N) is 1. The quantitative estimate of drug-likeness (QED) is 0.834. The number of carbonyl (C=O) groups excluding carboxylic acids is 2. The lowest BCUT2D eigenvalue weighted by Gasteiger charge is -2.34. The summed E-state index contributed by atoms with van der Waals surface area (Å²) >= 11 is 0. The van der Waals surface area contributed by atoms with Gasteiger partial charge in [0.15, 0.2) is 0 Å². The zero-order valence-corrected chi connectivity index (χ0v) is 15.5. The fraction of sp³-hybridized carbons (Fsp3) is 0.600. The first-order valence-corrected chi connectivity index (χ1v) is 9.33. The molecule has 1 aromatic rings. The van der Waals surface area contributed by atoms with Crippen LogP contribution in [0.4, 0.5) is 4.79 Å². The molecule has 1 spiro atoms. The summed E-state index contributed by atoms with van der Waals surface area (Å²) in [5.74, 6) is 0.595. The van der Waals surface area contributed by atoms with E-state index < -0.39 is 5.54 Å². The number of benzene rings is 1. The lowest BCUT2D eigenvalue weighted by Crippen LogP contribution is -2.50. The fourth-order valence-corrected chi connectivity index (χ4v) is 3.79. The van der Waals surface area contributed by atoms with Crippen molar-refractivity contribution in [3.05, 3.63) is 35.9 Å². The van der Waals surface area contributed by atoms with E-state index in [2.05, 4.69) is 43.1 Å². The largest absolute Gasteiger partial charge is 0.326 e. The van der Waals surface area contributed by atoms with Gasteiger partial charge in [0.25, 0.3) is 5.91 Å². The summed E-state index contributed by atoms with van der Waals surface area (Å²) in [4.78, 5) is 29.1. The van der Waals surface area contributed by atoms with Crippen LogP contribution >= 0.6 is 0 Å². The van der Waals surface area contributed by atoms with E-state index in [1.165, 1.54) is 10.5 Å². The molecule has 0 aromatic heterocycles. The van der Waals surface area contributed by atoms with Crippen molar-refractivity contribution in [1.29, 1.82) is 0 Å². The highest BCUT2D eigenvalue weighted by atomic mass is 16.2. The molecule has 1 aromatic carbocycles. The van der Waals surface area contributed by atoms with Crippen LogP contribution in [0.1, 0.15) is 52.0 Å². The van der Waals surface area contributed by atoms with E-state index in [0.717, 1.165) is 32.2 Å². The Morgan fingerprint density at radius 3 is 2.44 bits per heavy atom. The molecule has 0 unspecified atom stereocenters. The van der Waals surface area contributed by atoms with Crippen LogP contribution in [0.25, 0.3) is 0 Å². The van der Waals surface area contributed by atoms with Crippen LogP contribution in [0.5, 0.6) is 0 Å². The Kier molecular flexibility index (Phi) is 5.13. The monoisotopic (exact) mass is 343 g/mol. The summed E-state index contributed by atoms with van der Waals surface area (Å²) in [6.45, 7) is 7.47. The number of amides is 3. The highest BCUT2D eigenvalue weighted by Gasteiger charge is 2.52. The Hall–Kier alpha value is -1.88. The molecule has 5 heteroatoms. The molecule has 1 aliphatic carbocycles. The summed E-state index contributed by atoms with van der Waals surface area (Å²) < 4.78 is 0. The highest BCUT2D eigenvalue weighted by molar-refractivity contribution is 6.07. The molecule has 136 valence electrons. The summed E-state index contributed by atoms with van der Waals surface area (Å²) in [5, 5.41) is 3.01. The van der Waals surface area contributed by atoms with Crippen LogP contribution < -0.4 is 5.32 Å². The van der Waals surface area contributed by atoms with E-state index >= 15 is 0 Å². The predicted octanol–water partition coefficient (Wildman–Crippen LogP) is 3.36. The highest BCUT2D eigenvalue weighted by Crippen LogP contribution is 2.36. The van der Waals surface area contributed by atoms with Gasteiger partial charge in [-0.1, -0.05) is 37.3 Å². The SMILES string of the molecule is CC1CCC2(CC1)NC(=O)N(CN(Cc1ccccc1)C(C)C)C2=O. The molecule has 3 amide bonds. The third-order valence-corrected chi connectivity index (χ3v) is 5.66. The maximum absolute atomic E-state index is 13.0. The molecule has 3 rings (SSSR count). The Morgan fingerprint density at radius 2 is 1.84 bits per heavy atom. The molecule has 0 atom stereocenters. The van der Waals surface area contributed by atoms with E-state index in [1.54, 1.807) is 0 Å². The Labute approximate surface area is 150 Å². The first-order chi connectivity index (χ1) is 11.9. The minimum atomic E-state index is -0.654. The van der Waals surface area contributed by atoms with Gasteiger partial charge in [-0.2, -0.15) is 0 Å². The average molecular weight is 343 g/mol. The number of carbonyl (C=O) groups is 2. The van der Waals surface area contributed by atoms with Crippen molar-refractivity contribution in [2.45, 2.75) is 64.6 Å². The first kappa shape index (κ1) is 17.9. The van der Waals surface area contributed by atoms with Crippen molar-refractivity contribution in [2.75, 3.05) is 6.67 Å². The second kappa shape index (κ2) is 7.16. The fourth-order valence-electron chi connectivity index (χ4n) is 3.79. The van der Waals surface area contributed by atoms with Crippen LogP contribution in [-0.2, 0) is 11.3 Å². The second-order valence-corrected chi connectivity index (χ2v) is 7.90. The molecule has 2 aliphatic rings. The molecule has 1 N–H and O–H groups in total. The minimum Gasteiger partial charge on any atom is -0.323 e. The molecule has 1 aliphatic heterocycles. The van der Waals surface area contributed by atoms with Crippen molar-refractivity contribution >= 4 is 11.9 Å². The van der Waals surface area contributed by atoms with Gasteiger partial charge in [0.1, 0.15) is 5.54 Å². The summed E-state index contributed by atoms with van der Waals surface area (Å²) in [7, 11) is 0. The standard InChI is InChI=1S/C20H29N3O2/c1-15(2)22(13-17-7-5-4-6-8-17)14-23-18(24)20(21-19(23)25)11-9-16(3)10-12-20/h4-8,15-16H,9-14H2,1-3H3,(H,21,25). The van der Waals surface area contributed by atoms with Crippen molar-refractivity contribution in [3.8, 4) is 0 Å². The topological polar surface area (TPSA) is 52.7 Å². The van der Waals surface area contributed by atoms with E-state index in [1.807, 2.05) is 18.2 Å². The van der Waals surface area contributed by atoms with Gasteiger partial charge < -0.3 is 5.32 Å². The molecule has 5 nitrogen and oxygen atoms in total. The van der Waals surface area contributed by atoms with Crippen LogP contribution in [-0.4, -0.2) is 40.0 Å². The number of imide groups is 1. The van der Waals surface area contributed by atoms with Crippen LogP contribution in [0.3, 0.4) is 0 Å². The van der Waals surface area contributed by atoms with Crippen LogP contribution in [0.2, 0.25) is 0 Å². The Morgan fingerprint density at radius 1 is 1.20 bits per heavy atom. The smallest absolute Gasteiger partial charge is 0.323 e. The van der Waals surface area contributed by atoms with E-state index in [-0.39, 0.29) is 18.0 Å². The molecular formula is C20H29N3O2. The molecule has 25 heavy (non-hydrogen) atoms. The second-order valence-electron chi connectivity index (χ2n) is 7.90. The molecule has 0 radical (unpaired) electrons. The molecule has 1 saturated carbocycles. The maximum atomic E-state index is 13.0. The summed E-state index contributed by atoms with van der Waals surface area (Å²) in [5.41, 5.74) is 0.531. The number of hydrogen-bond acceptors (Lipinski definition) is 3. The van der Waals surface area contributed by atoms with Crippen molar-refractivity contribution in [2.24, 2.45) is 5.92 Å². The molecule has 1 heterocycles. The van der Waals surface area contributed by atoms with Gasteiger partial charge in [0.05, 0.1) is 6.67 Å². The zero-order chi connectivity index (χ0) is 18.0. The number of nitrogens with zero attached hydrogens (tertiary/aromatic N) is 2. The number of rotatable bonds is 5. The van der Waals surface area contributed by atoms with Crippen molar-refractivity contribution in [3.63, 3.8) is 0 Å². The lowest BCUT2D eigenvalue weighted by atomic mass is 9.77. The Bertz CT molecular complexity index is 621. The molecule has 2 fully saturated rings. The van der Waals surface area contributed by atoms with Crippen LogP contribution in [0, 0.1) is 5.92 Å². The zero-order valence-electron chi connectivity index (χ0n) is 15.5. The number of urea groups is 1. The summed E-state index contributed by atoms with van der Waals surface area (Å²) in [6, 6.07) is 10.2. The minimum absolute atomic E-state index is 0.0388. The van der Waals surface area contributed by atoms with Crippen molar-refractivity contribution < 1.29 is 9.59 Å². The van der Waals surface area contributed by atoms with Gasteiger partial charge in [-0.25, -0.2) is 9.69 Å². The normalized spacial score (nSPS) is 26.8. The van der Waals surface area contributed by atoms with E-state index in [9.17, 15) is 9.59 Å². The molecule has 0 bridgehead atoms. The van der Waals surface area contributed by atoms with Gasteiger partial charge in [-0.05, 0) is 51.0 Å². The first-order valence-electron chi connectivity index (χ1n) is 9.33. The van der Waals surface area contributed by atoms with Crippen molar-refractivity contribution in [1.82, 2.24) is 15.1 Å². The van der Waals surface area contributed by atoms with Crippen LogP contribution in [0.15, 0.2) is 30.3 Å².